The predicted octanol–water partition coefficient (Wildman–Crippen LogP) is 5.02. The van der Waals surface area contributed by atoms with Crippen molar-refractivity contribution in [3.63, 3.8) is 0 Å². The van der Waals surface area contributed by atoms with Crippen molar-refractivity contribution in [3.05, 3.63) is 70.8 Å². The number of rotatable bonds is 7. The molecule has 37 heavy (non-hydrogen) atoms. The standard InChI is InChI=1S/C27H27N3O4S3/c1-3-12-34-22-9-10-23(18(2)14-22)25-19(16-29(28-25)20-7-5-4-6-8-20)15-24-26(31)30(27(35)36-24)21-11-13-37(32,33)17-21/h4-10,14-16,21H,3,11-13,17H2,1-2H3/b24-15-/t21-/m1/s1. The summed E-state index contributed by atoms with van der Waals surface area (Å²) in [7, 11) is -3.15. The van der Waals surface area contributed by atoms with Crippen LogP contribution in [0.5, 0.6) is 5.75 Å². The molecule has 1 aromatic heterocycles. The fraction of sp³-hybridized carbons (Fsp3) is 0.296. The number of para-hydroxylation sites is 1. The fourth-order valence-corrected chi connectivity index (χ4v) is 7.63. The maximum Gasteiger partial charge on any atom is 0.266 e. The second kappa shape index (κ2) is 10.4. The Kier molecular flexibility index (Phi) is 7.24. The van der Waals surface area contributed by atoms with Crippen molar-refractivity contribution in [2.24, 2.45) is 0 Å². The summed E-state index contributed by atoms with van der Waals surface area (Å²) >= 11 is 6.70. The Morgan fingerprint density at radius 2 is 2.00 bits per heavy atom. The van der Waals surface area contributed by atoms with Gasteiger partial charge in [-0.05, 0) is 61.7 Å². The first-order valence-corrected chi connectivity index (χ1v) is 15.2. The number of aromatic nitrogens is 2. The number of carbonyl (C=O) groups is 1. The number of amides is 1. The third-order valence-electron chi connectivity index (χ3n) is 6.37. The molecule has 0 radical (unpaired) electrons. The number of thiocarbonyl (C=S) groups is 1. The number of carbonyl (C=O) groups excluding carboxylic acids is 1. The van der Waals surface area contributed by atoms with Crippen molar-refractivity contribution in [2.75, 3.05) is 18.1 Å². The SMILES string of the molecule is CCCOc1ccc(-c2nn(-c3ccccc3)cc2/C=C2\SC(=S)N([C@@H]3CCS(=O)(=O)C3)C2=O)c(C)c1. The fourth-order valence-electron chi connectivity index (χ4n) is 4.54. The Balaban J connectivity index is 1.54. The average molecular weight is 554 g/mol. The highest BCUT2D eigenvalue weighted by atomic mass is 32.2. The maximum absolute atomic E-state index is 13.4. The van der Waals surface area contributed by atoms with Gasteiger partial charge in [0.05, 0.1) is 34.7 Å². The van der Waals surface area contributed by atoms with Crippen LogP contribution in [0.15, 0.2) is 59.6 Å². The average Bonchev–Trinajstić information content (AvgIpc) is 3.53. The van der Waals surface area contributed by atoms with Crippen molar-refractivity contribution in [1.82, 2.24) is 14.7 Å². The van der Waals surface area contributed by atoms with Crippen LogP contribution in [-0.4, -0.2) is 57.5 Å². The molecule has 0 saturated carbocycles. The van der Waals surface area contributed by atoms with Crippen LogP contribution >= 0.6 is 24.0 Å². The number of sulfone groups is 1. The second-order valence-electron chi connectivity index (χ2n) is 9.15. The molecular weight excluding hydrogens is 527 g/mol. The van der Waals surface area contributed by atoms with Crippen molar-refractivity contribution in [1.29, 1.82) is 0 Å². The van der Waals surface area contributed by atoms with Gasteiger partial charge in [-0.3, -0.25) is 9.69 Å². The summed E-state index contributed by atoms with van der Waals surface area (Å²) in [5, 5.41) is 4.89. The van der Waals surface area contributed by atoms with E-state index in [1.165, 1.54) is 16.7 Å². The summed E-state index contributed by atoms with van der Waals surface area (Å²) in [6.07, 6.45) is 5.05. The molecule has 5 rings (SSSR count). The molecule has 3 heterocycles. The molecule has 3 aromatic rings. The highest BCUT2D eigenvalue weighted by Gasteiger charge is 2.42. The Hall–Kier alpha value is -2.95. The van der Waals surface area contributed by atoms with Crippen LogP contribution in [0, 0.1) is 6.92 Å². The molecule has 2 aliphatic rings. The molecule has 0 unspecified atom stereocenters. The summed E-state index contributed by atoms with van der Waals surface area (Å²) in [6, 6.07) is 15.3. The lowest BCUT2D eigenvalue weighted by Gasteiger charge is -2.20. The van der Waals surface area contributed by atoms with E-state index in [-0.39, 0.29) is 17.4 Å². The summed E-state index contributed by atoms with van der Waals surface area (Å²) in [5.41, 5.74) is 4.34. The van der Waals surface area contributed by atoms with E-state index in [2.05, 4.69) is 6.92 Å². The van der Waals surface area contributed by atoms with Gasteiger partial charge in [0.2, 0.25) is 0 Å². The van der Waals surface area contributed by atoms with E-state index in [0.29, 0.717) is 22.3 Å². The Labute approximate surface area is 226 Å². The highest BCUT2D eigenvalue weighted by Crippen LogP contribution is 2.38. The summed E-state index contributed by atoms with van der Waals surface area (Å²) in [4.78, 5) is 15.3. The van der Waals surface area contributed by atoms with Gasteiger partial charge < -0.3 is 4.74 Å². The minimum Gasteiger partial charge on any atom is -0.494 e. The van der Waals surface area contributed by atoms with Crippen LogP contribution in [0.3, 0.4) is 0 Å². The third-order valence-corrected chi connectivity index (χ3v) is 9.45. The van der Waals surface area contributed by atoms with Gasteiger partial charge in [-0.1, -0.05) is 49.1 Å². The van der Waals surface area contributed by atoms with Gasteiger partial charge in [0.25, 0.3) is 5.91 Å². The molecule has 192 valence electrons. The molecule has 2 fully saturated rings. The van der Waals surface area contributed by atoms with Gasteiger partial charge in [0.15, 0.2) is 9.84 Å². The number of hydrogen-bond donors (Lipinski definition) is 0. The van der Waals surface area contributed by atoms with Crippen molar-refractivity contribution in [3.8, 4) is 22.7 Å². The number of ether oxygens (including phenoxy) is 1. The molecule has 0 bridgehead atoms. The molecule has 0 aliphatic carbocycles. The molecule has 2 saturated heterocycles. The van der Waals surface area contributed by atoms with E-state index in [1.807, 2.05) is 67.7 Å². The van der Waals surface area contributed by atoms with Crippen LogP contribution in [-0.2, 0) is 14.6 Å². The number of aryl methyl sites for hydroxylation is 1. The van der Waals surface area contributed by atoms with Gasteiger partial charge >= 0.3 is 0 Å². The molecule has 1 atom stereocenters. The summed E-state index contributed by atoms with van der Waals surface area (Å²) in [5.74, 6) is 0.587. The molecule has 7 nitrogen and oxygen atoms in total. The maximum atomic E-state index is 13.4. The molecule has 10 heteroatoms. The smallest absolute Gasteiger partial charge is 0.266 e. The van der Waals surface area contributed by atoms with E-state index < -0.39 is 15.9 Å². The lowest BCUT2D eigenvalue weighted by atomic mass is 10.0. The lowest BCUT2D eigenvalue weighted by Crippen LogP contribution is -2.39. The first-order valence-electron chi connectivity index (χ1n) is 12.1. The topological polar surface area (TPSA) is 81.5 Å². The van der Waals surface area contributed by atoms with Crippen molar-refractivity contribution < 1.29 is 17.9 Å². The third kappa shape index (κ3) is 5.37. The lowest BCUT2D eigenvalue weighted by molar-refractivity contribution is -0.123. The van der Waals surface area contributed by atoms with E-state index in [0.717, 1.165) is 40.2 Å². The zero-order valence-corrected chi connectivity index (χ0v) is 23.0. The molecule has 0 N–H and O–H groups in total. The van der Waals surface area contributed by atoms with Crippen molar-refractivity contribution >= 4 is 50.1 Å². The Bertz CT molecular complexity index is 1500. The predicted molar refractivity (Wildman–Crippen MR) is 152 cm³/mol. The number of nitrogens with zero attached hydrogens (tertiary/aromatic N) is 3. The molecule has 2 aliphatic heterocycles. The molecule has 0 spiro atoms. The highest BCUT2D eigenvalue weighted by molar-refractivity contribution is 8.26. The Morgan fingerprint density at radius 3 is 2.68 bits per heavy atom. The van der Waals surface area contributed by atoms with E-state index in [9.17, 15) is 13.2 Å². The minimum atomic E-state index is -3.15. The quantitative estimate of drug-likeness (QED) is 0.300. The second-order valence-corrected chi connectivity index (χ2v) is 13.1. The van der Waals surface area contributed by atoms with Gasteiger partial charge in [-0.15, -0.1) is 0 Å². The van der Waals surface area contributed by atoms with Gasteiger partial charge in [0, 0.05) is 17.3 Å². The summed E-state index contributed by atoms with van der Waals surface area (Å²) < 4.78 is 32.0. The number of benzene rings is 2. The van der Waals surface area contributed by atoms with E-state index >= 15 is 0 Å². The largest absolute Gasteiger partial charge is 0.494 e. The minimum absolute atomic E-state index is 0.0461. The zero-order chi connectivity index (χ0) is 26.2. The van der Waals surface area contributed by atoms with Gasteiger partial charge in [0.1, 0.15) is 15.8 Å². The van der Waals surface area contributed by atoms with E-state index in [1.54, 1.807) is 4.68 Å². The first kappa shape index (κ1) is 25.7. The van der Waals surface area contributed by atoms with E-state index in [4.69, 9.17) is 22.1 Å². The summed E-state index contributed by atoms with van der Waals surface area (Å²) in [6.45, 7) is 4.73. The van der Waals surface area contributed by atoms with Crippen LogP contribution in [0.2, 0.25) is 0 Å². The van der Waals surface area contributed by atoms with Crippen LogP contribution < -0.4 is 4.74 Å². The van der Waals surface area contributed by atoms with Crippen molar-refractivity contribution in [2.45, 2.75) is 32.7 Å². The zero-order valence-electron chi connectivity index (χ0n) is 20.6. The molecule has 1 amide bonds. The molecule has 2 aromatic carbocycles. The van der Waals surface area contributed by atoms with Crippen LogP contribution in [0.1, 0.15) is 30.9 Å². The molecular formula is C27H27N3O4S3. The van der Waals surface area contributed by atoms with Gasteiger partial charge in [-0.25, -0.2) is 13.1 Å². The first-order chi connectivity index (χ1) is 17.8. The normalized spacial score (nSPS) is 20.2. The van der Waals surface area contributed by atoms with Gasteiger partial charge in [-0.2, -0.15) is 5.10 Å². The number of thioether (sulfide) groups is 1. The van der Waals surface area contributed by atoms with Crippen LogP contribution in [0.4, 0.5) is 0 Å². The number of hydrogen-bond acceptors (Lipinski definition) is 7. The van der Waals surface area contributed by atoms with Crippen LogP contribution in [0.25, 0.3) is 23.0 Å². The Morgan fingerprint density at radius 1 is 1.22 bits per heavy atom. The monoisotopic (exact) mass is 553 g/mol.